The Morgan fingerprint density at radius 3 is 1.37 bits per heavy atom. The standard InChI is InChI=1S/C77H58N2/c1-76(2,3)60-40-33-57(34-41-60)69-50-59(54-23-11-5-12-24-54)51-71-67-47-46-66(52-72(67)77(75(69)71,61-25-13-6-14-26-61)62-27-15-7-16-28-62)78(64-42-35-55(36-43-64)53-21-9-4-10-22-53)65-44-37-56(38-45-65)58-39-48-74-70(49-58)68-31-19-20-32-73(68)79(74)63-29-17-8-18-30-63/h4-52H,1-3H3. The van der Waals surface area contributed by atoms with E-state index < -0.39 is 5.41 Å². The third-order valence-electron chi connectivity index (χ3n) is 16.4. The zero-order valence-electron chi connectivity index (χ0n) is 44.7. The number of benzene rings is 12. The van der Waals surface area contributed by atoms with Gasteiger partial charge in [-0.2, -0.15) is 0 Å². The normalized spacial score (nSPS) is 12.6. The summed E-state index contributed by atoms with van der Waals surface area (Å²) >= 11 is 0. The Morgan fingerprint density at radius 1 is 0.316 bits per heavy atom. The molecule has 376 valence electrons. The summed E-state index contributed by atoms with van der Waals surface area (Å²) in [5.41, 5.74) is 24.5. The van der Waals surface area contributed by atoms with Gasteiger partial charge in [-0.25, -0.2) is 0 Å². The number of hydrogen-bond acceptors (Lipinski definition) is 1. The summed E-state index contributed by atoms with van der Waals surface area (Å²) in [6.07, 6.45) is 0. The van der Waals surface area contributed by atoms with Crippen molar-refractivity contribution in [2.45, 2.75) is 31.6 Å². The van der Waals surface area contributed by atoms with Gasteiger partial charge in [0, 0.05) is 33.5 Å². The molecule has 14 rings (SSSR count). The third kappa shape index (κ3) is 8.19. The minimum absolute atomic E-state index is 0.0185. The fourth-order valence-corrected chi connectivity index (χ4v) is 12.6. The van der Waals surface area contributed by atoms with Crippen molar-refractivity contribution in [1.29, 1.82) is 0 Å². The fraction of sp³-hybridized carbons (Fsp3) is 0.0649. The lowest BCUT2D eigenvalue weighted by atomic mass is 9.66. The molecular weight excluding hydrogens is 953 g/mol. The van der Waals surface area contributed by atoms with Gasteiger partial charge < -0.3 is 9.47 Å². The molecule has 0 spiro atoms. The fourth-order valence-electron chi connectivity index (χ4n) is 12.6. The molecule has 0 radical (unpaired) electrons. The highest BCUT2D eigenvalue weighted by molar-refractivity contribution is 6.10. The molecule has 1 heterocycles. The SMILES string of the molecule is CC(C)(C)c1ccc(-c2cc(-c3ccccc3)cc3c2C(c2ccccc2)(c2ccccc2)c2cc(N(c4ccc(-c5ccccc5)cc4)c4ccc(-c5ccc6c(c5)c5ccccc5n6-c5ccccc5)cc4)ccc2-3)cc1. The van der Waals surface area contributed by atoms with E-state index in [-0.39, 0.29) is 5.41 Å². The monoisotopic (exact) mass is 1010 g/mol. The van der Waals surface area contributed by atoms with Crippen LogP contribution in [0.1, 0.15) is 48.6 Å². The smallest absolute Gasteiger partial charge is 0.0720 e. The molecule has 0 atom stereocenters. The molecule has 12 aromatic carbocycles. The summed E-state index contributed by atoms with van der Waals surface area (Å²) in [7, 11) is 0. The van der Waals surface area contributed by atoms with E-state index in [1.165, 1.54) is 99.7 Å². The molecule has 0 saturated heterocycles. The lowest BCUT2D eigenvalue weighted by Gasteiger charge is -2.36. The maximum atomic E-state index is 2.50. The Kier molecular flexibility index (Phi) is 11.7. The second kappa shape index (κ2) is 19.4. The number of anilines is 3. The highest BCUT2D eigenvalue weighted by atomic mass is 15.1. The highest BCUT2D eigenvalue weighted by Gasteiger charge is 2.48. The van der Waals surface area contributed by atoms with Crippen molar-refractivity contribution < 1.29 is 0 Å². The predicted octanol–water partition coefficient (Wildman–Crippen LogP) is 20.6. The number of para-hydroxylation sites is 2. The first kappa shape index (κ1) is 47.7. The van der Waals surface area contributed by atoms with E-state index in [2.05, 4.69) is 327 Å². The van der Waals surface area contributed by atoms with E-state index >= 15 is 0 Å². The summed E-state index contributed by atoms with van der Waals surface area (Å²) in [6, 6.07) is 110. The lowest BCUT2D eigenvalue weighted by molar-refractivity contribution is 0.590. The van der Waals surface area contributed by atoms with Gasteiger partial charge in [0.2, 0.25) is 0 Å². The molecule has 0 bridgehead atoms. The molecule has 1 aliphatic rings. The van der Waals surface area contributed by atoms with E-state index in [0.29, 0.717) is 0 Å². The first-order valence-electron chi connectivity index (χ1n) is 27.6. The molecule has 0 saturated carbocycles. The Hall–Kier alpha value is -9.76. The van der Waals surface area contributed by atoms with Crippen LogP contribution in [0.5, 0.6) is 0 Å². The number of rotatable bonds is 10. The molecule has 0 fully saturated rings. The zero-order valence-corrected chi connectivity index (χ0v) is 44.7. The van der Waals surface area contributed by atoms with Gasteiger partial charge in [-0.1, -0.05) is 239 Å². The first-order chi connectivity index (χ1) is 38.8. The van der Waals surface area contributed by atoms with Crippen molar-refractivity contribution in [2.24, 2.45) is 0 Å². The van der Waals surface area contributed by atoms with Crippen molar-refractivity contribution in [3.63, 3.8) is 0 Å². The van der Waals surface area contributed by atoms with Crippen molar-refractivity contribution in [1.82, 2.24) is 4.57 Å². The molecule has 0 aliphatic heterocycles. The maximum absolute atomic E-state index is 2.50. The molecule has 2 heteroatoms. The van der Waals surface area contributed by atoms with E-state index in [1.54, 1.807) is 0 Å². The van der Waals surface area contributed by atoms with Gasteiger partial charge in [-0.3, -0.25) is 0 Å². The predicted molar refractivity (Wildman–Crippen MR) is 333 cm³/mol. The molecule has 0 N–H and O–H groups in total. The van der Waals surface area contributed by atoms with Gasteiger partial charge in [0.15, 0.2) is 0 Å². The van der Waals surface area contributed by atoms with Gasteiger partial charge in [-0.05, 0) is 168 Å². The zero-order chi connectivity index (χ0) is 53.1. The molecule has 1 aliphatic carbocycles. The van der Waals surface area contributed by atoms with Crippen LogP contribution in [0, 0.1) is 0 Å². The van der Waals surface area contributed by atoms with Crippen LogP contribution >= 0.6 is 0 Å². The summed E-state index contributed by atoms with van der Waals surface area (Å²) in [5.74, 6) is 0. The summed E-state index contributed by atoms with van der Waals surface area (Å²) < 4.78 is 2.38. The van der Waals surface area contributed by atoms with Crippen LogP contribution in [-0.4, -0.2) is 4.57 Å². The van der Waals surface area contributed by atoms with Crippen LogP contribution in [0.15, 0.2) is 297 Å². The molecule has 0 amide bonds. The van der Waals surface area contributed by atoms with Crippen molar-refractivity contribution >= 4 is 38.9 Å². The molecular formula is C77H58N2. The Labute approximate surface area is 463 Å². The number of fused-ring (bicyclic) bond motifs is 6. The van der Waals surface area contributed by atoms with Gasteiger partial charge in [0.25, 0.3) is 0 Å². The van der Waals surface area contributed by atoms with Gasteiger partial charge in [0.1, 0.15) is 0 Å². The van der Waals surface area contributed by atoms with Crippen LogP contribution in [0.2, 0.25) is 0 Å². The minimum atomic E-state index is -0.689. The van der Waals surface area contributed by atoms with E-state index in [9.17, 15) is 0 Å². The van der Waals surface area contributed by atoms with Crippen molar-refractivity contribution in [3.8, 4) is 61.3 Å². The summed E-state index contributed by atoms with van der Waals surface area (Å²) in [5, 5.41) is 2.48. The van der Waals surface area contributed by atoms with Crippen LogP contribution in [-0.2, 0) is 10.8 Å². The van der Waals surface area contributed by atoms with Crippen LogP contribution in [0.4, 0.5) is 17.1 Å². The number of aromatic nitrogens is 1. The Morgan fingerprint density at radius 2 is 0.772 bits per heavy atom. The van der Waals surface area contributed by atoms with Crippen molar-refractivity contribution in [2.75, 3.05) is 4.90 Å². The minimum Gasteiger partial charge on any atom is -0.310 e. The summed E-state index contributed by atoms with van der Waals surface area (Å²) in [6.45, 7) is 6.88. The molecule has 13 aromatic rings. The topological polar surface area (TPSA) is 8.17 Å². The van der Waals surface area contributed by atoms with E-state index in [0.717, 1.165) is 28.3 Å². The third-order valence-corrected chi connectivity index (χ3v) is 16.4. The number of nitrogens with zero attached hydrogens (tertiary/aromatic N) is 2. The van der Waals surface area contributed by atoms with Gasteiger partial charge in [-0.15, -0.1) is 0 Å². The quantitative estimate of drug-likeness (QED) is 0.133. The second-order valence-corrected chi connectivity index (χ2v) is 22.1. The van der Waals surface area contributed by atoms with E-state index in [1.807, 2.05) is 0 Å². The lowest BCUT2D eigenvalue weighted by Crippen LogP contribution is -2.29. The van der Waals surface area contributed by atoms with Gasteiger partial charge in [0.05, 0.1) is 16.4 Å². The second-order valence-electron chi connectivity index (χ2n) is 22.1. The Bertz CT molecular complexity index is 4290. The number of hydrogen-bond donors (Lipinski definition) is 0. The first-order valence-corrected chi connectivity index (χ1v) is 27.6. The molecule has 0 unspecified atom stereocenters. The van der Waals surface area contributed by atoms with Crippen molar-refractivity contribution in [3.05, 3.63) is 325 Å². The van der Waals surface area contributed by atoms with Gasteiger partial charge >= 0.3 is 0 Å². The summed E-state index contributed by atoms with van der Waals surface area (Å²) in [4.78, 5) is 2.45. The molecule has 1 aromatic heterocycles. The Balaban J connectivity index is 0.975. The van der Waals surface area contributed by atoms with Crippen LogP contribution < -0.4 is 4.90 Å². The average molecular weight is 1010 g/mol. The van der Waals surface area contributed by atoms with Crippen LogP contribution in [0.3, 0.4) is 0 Å². The van der Waals surface area contributed by atoms with Crippen LogP contribution in [0.25, 0.3) is 83.1 Å². The van der Waals surface area contributed by atoms with E-state index in [4.69, 9.17) is 0 Å². The maximum Gasteiger partial charge on any atom is 0.0720 e. The average Bonchev–Trinajstić information content (AvgIpc) is 2.98. The molecule has 79 heavy (non-hydrogen) atoms. The highest BCUT2D eigenvalue weighted by Crippen LogP contribution is 2.60. The largest absolute Gasteiger partial charge is 0.310 e. The molecule has 2 nitrogen and oxygen atoms in total.